The van der Waals surface area contributed by atoms with Crippen LogP contribution >= 0.6 is 0 Å². The maximum absolute atomic E-state index is 13.7. The third kappa shape index (κ3) is 4.00. The molecule has 4 heteroatoms. The molecular weight excluding hydrogens is 243 g/mol. The normalized spacial score (nSPS) is 22.4. The van der Waals surface area contributed by atoms with Gasteiger partial charge in [0.2, 0.25) is 0 Å². The highest BCUT2D eigenvalue weighted by molar-refractivity contribution is 5.20. The molecule has 0 aliphatic carbocycles. The topological polar surface area (TPSA) is 47.3 Å². The highest BCUT2D eigenvalue weighted by atomic mass is 19.1. The zero-order valence-electron chi connectivity index (χ0n) is 11.5. The summed E-state index contributed by atoms with van der Waals surface area (Å²) in [4.78, 5) is 0. The molecule has 1 saturated heterocycles. The van der Waals surface area contributed by atoms with E-state index in [0.717, 1.165) is 26.0 Å². The minimum Gasteiger partial charge on any atom is -0.377 e. The number of rotatable bonds is 6. The summed E-state index contributed by atoms with van der Waals surface area (Å²) in [5, 5.41) is 3.45. The monoisotopic (exact) mass is 266 g/mol. The van der Waals surface area contributed by atoms with Gasteiger partial charge in [0.05, 0.1) is 6.10 Å². The van der Waals surface area contributed by atoms with E-state index in [1.807, 2.05) is 19.1 Å². The summed E-state index contributed by atoms with van der Waals surface area (Å²) >= 11 is 0. The maximum Gasteiger partial charge on any atom is 0.126 e. The Morgan fingerprint density at radius 3 is 2.89 bits per heavy atom. The van der Waals surface area contributed by atoms with E-state index in [9.17, 15) is 4.39 Å². The third-order valence-corrected chi connectivity index (χ3v) is 3.77. The molecule has 3 N–H and O–H groups in total. The Hall–Kier alpha value is -0.970. The molecule has 2 rings (SSSR count). The van der Waals surface area contributed by atoms with Gasteiger partial charge < -0.3 is 15.8 Å². The molecule has 2 atom stereocenters. The molecule has 0 bridgehead atoms. The van der Waals surface area contributed by atoms with E-state index in [0.29, 0.717) is 18.5 Å². The van der Waals surface area contributed by atoms with Gasteiger partial charge >= 0.3 is 0 Å². The molecular formula is C15H23FN2O. The second kappa shape index (κ2) is 6.46. The van der Waals surface area contributed by atoms with Crippen molar-refractivity contribution >= 4 is 0 Å². The van der Waals surface area contributed by atoms with E-state index in [2.05, 4.69) is 5.32 Å². The van der Waals surface area contributed by atoms with Crippen LogP contribution in [0.2, 0.25) is 0 Å². The first-order valence-corrected chi connectivity index (χ1v) is 6.93. The molecule has 0 radical (unpaired) electrons. The van der Waals surface area contributed by atoms with E-state index in [1.165, 1.54) is 6.07 Å². The Morgan fingerprint density at radius 2 is 2.26 bits per heavy atom. The quantitative estimate of drug-likeness (QED) is 0.826. The summed E-state index contributed by atoms with van der Waals surface area (Å²) in [5.74, 6) is -0.166. The highest BCUT2D eigenvalue weighted by Crippen LogP contribution is 2.17. The van der Waals surface area contributed by atoms with E-state index in [1.54, 1.807) is 6.07 Å². The molecule has 2 unspecified atom stereocenters. The molecule has 1 fully saturated rings. The third-order valence-electron chi connectivity index (χ3n) is 3.77. The molecule has 1 aromatic carbocycles. The van der Waals surface area contributed by atoms with E-state index >= 15 is 0 Å². The Bertz CT molecular complexity index is 407. The minimum atomic E-state index is -0.297. The van der Waals surface area contributed by atoms with Crippen LogP contribution in [-0.4, -0.2) is 31.3 Å². The molecule has 1 aliphatic rings. The summed E-state index contributed by atoms with van der Waals surface area (Å²) in [5.41, 5.74) is 6.27. The number of halogens is 1. The average Bonchev–Trinajstić information content (AvgIpc) is 2.93. The van der Waals surface area contributed by atoms with Gasteiger partial charge in [-0.2, -0.15) is 0 Å². The van der Waals surface area contributed by atoms with Gasteiger partial charge in [0.15, 0.2) is 0 Å². The lowest BCUT2D eigenvalue weighted by Crippen LogP contribution is -2.52. The predicted molar refractivity (Wildman–Crippen MR) is 74.5 cm³/mol. The van der Waals surface area contributed by atoms with Crippen LogP contribution in [0.25, 0.3) is 0 Å². The summed E-state index contributed by atoms with van der Waals surface area (Å²) < 4.78 is 19.3. The number of hydrogen-bond donors (Lipinski definition) is 2. The van der Waals surface area contributed by atoms with Crippen LogP contribution in [-0.2, 0) is 11.2 Å². The van der Waals surface area contributed by atoms with Crippen molar-refractivity contribution in [2.75, 3.05) is 19.7 Å². The van der Waals surface area contributed by atoms with Crippen molar-refractivity contribution in [2.45, 2.75) is 37.8 Å². The van der Waals surface area contributed by atoms with Crippen molar-refractivity contribution in [1.82, 2.24) is 5.32 Å². The Kier molecular flexibility index (Phi) is 4.91. The van der Waals surface area contributed by atoms with Crippen LogP contribution in [0.1, 0.15) is 25.3 Å². The van der Waals surface area contributed by atoms with Gasteiger partial charge in [-0.3, -0.25) is 0 Å². The molecule has 1 aromatic rings. The van der Waals surface area contributed by atoms with Gasteiger partial charge in [0.25, 0.3) is 0 Å². The standard InChI is InChI=1S/C15H23FN2O/c1-15(11-17,18-10-13-6-4-8-19-13)9-12-5-2-3-7-14(12)16/h2-3,5,7,13,18H,4,6,8-11,17H2,1H3. The number of hydrogen-bond acceptors (Lipinski definition) is 3. The largest absolute Gasteiger partial charge is 0.377 e. The number of benzene rings is 1. The zero-order valence-corrected chi connectivity index (χ0v) is 11.5. The van der Waals surface area contributed by atoms with Gasteiger partial charge in [-0.25, -0.2) is 4.39 Å². The fourth-order valence-electron chi connectivity index (χ4n) is 2.43. The molecule has 0 spiro atoms. The maximum atomic E-state index is 13.7. The lowest BCUT2D eigenvalue weighted by Gasteiger charge is -2.31. The Morgan fingerprint density at radius 1 is 1.47 bits per heavy atom. The lowest BCUT2D eigenvalue weighted by molar-refractivity contribution is 0.102. The first-order valence-electron chi connectivity index (χ1n) is 6.93. The molecule has 1 aliphatic heterocycles. The molecule has 3 nitrogen and oxygen atoms in total. The van der Waals surface area contributed by atoms with Crippen molar-refractivity contribution in [3.63, 3.8) is 0 Å². The van der Waals surface area contributed by atoms with E-state index < -0.39 is 0 Å². The van der Waals surface area contributed by atoms with Crippen LogP contribution in [0.4, 0.5) is 4.39 Å². The van der Waals surface area contributed by atoms with Crippen LogP contribution < -0.4 is 11.1 Å². The lowest BCUT2D eigenvalue weighted by atomic mass is 9.92. The summed E-state index contributed by atoms with van der Waals surface area (Å²) in [6.07, 6.45) is 3.07. The Balaban J connectivity index is 1.95. The highest BCUT2D eigenvalue weighted by Gasteiger charge is 2.26. The van der Waals surface area contributed by atoms with Crippen LogP contribution in [0.5, 0.6) is 0 Å². The number of nitrogens with one attached hydrogen (secondary N) is 1. The van der Waals surface area contributed by atoms with Crippen molar-refractivity contribution in [3.8, 4) is 0 Å². The van der Waals surface area contributed by atoms with E-state index in [4.69, 9.17) is 10.5 Å². The summed E-state index contributed by atoms with van der Waals surface area (Å²) in [6.45, 7) is 4.13. The van der Waals surface area contributed by atoms with Gasteiger partial charge in [-0.05, 0) is 37.8 Å². The summed E-state index contributed by atoms with van der Waals surface area (Å²) in [7, 11) is 0. The number of ether oxygens (including phenoxy) is 1. The van der Waals surface area contributed by atoms with Crippen molar-refractivity contribution in [1.29, 1.82) is 0 Å². The van der Waals surface area contributed by atoms with Gasteiger partial charge in [0.1, 0.15) is 5.82 Å². The first kappa shape index (κ1) is 14.4. The molecule has 1 heterocycles. The fraction of sp³-hybridized carbons (Fsp3) is 0.600. The van der Waals surface area contributed by atoms with Crippen LogP contribution in [0.3, 0.4) is 0 Å². The van der Waals surface area contributed by atoms with Crippen LogP contribution in [0, 0.1) is 5.82 Å². The van der Waals surface area contributed by atoms with Crippen molar-refractivity contribution in [2.24, 2.45) is 5.73 Å². The first-order chi connectivity index (χ1) is 9.13. The van der Waals surface area contributed by atoms with Crippen molar-refractivity contribution in [3.05, 3.63) is 35.6 Å². The van der Waals surface area contributed by atoms with Gasteiger partial charge in [-0.15, -0.1) is 0 Å². The molecule has 19 heavy (non-hydrogen) atoms. The van der Waals surface area contributed by atoms with Gasteiger partial charge in [-0.1, -0.05) is 18.2 Å². The van der Waals surface area contributed by atoms with E-state index in [-0.39, 0.29) is 17.5 Å². The molecule has 0 saturated carbocycles. The molecule has 0 amide bonds. The van der Waals surface area contributed by atoms with Gasteiger partial charge in [0, 0.05) is 25.2 Å². The average molecular weight is 266 g/mol. The molecule has 106 valence electrons. The number of nitrogens with two attached hydrogens (primary N) is 1. The van der Waals surface area contributed by atoms with Crippen LogP contribution in [0.15, 0.2) is 24.3 Å². The molecule has 0 aromatic heterocycles. The van der Waals surface area contributed by atoms with Crippen molar-refractivity contribution < 1.29 is 9.13 Å². The Labute approximate surface area is 114 Å². The second-order valence-corrected chi connectivity index (χ2v) is 5.55. The zero-order chi connectivity index (χ0) is 13.7. The fourth-order valence-corrected chi connectivity index (χ4v) is 2.43. The smallest absolute Gasteiger partial charge is 0.126 e. The minimum absolute atomic E-state index is 0.166. The predicted octanol–water partition coefficient (Wildman–Crippen LogP) is 1.85. The SMILES string of the molecule is CC(CN)(Cc1ccccc1F)NCC1CCCO1. The second-order valence-electron chi connectivity index (χ2n) is 5.55. The summed E-state index contributed by atoms with van der Waals surface area (Å²) in [6, 6.07) is 6.87.